The maximum absolute atomic E-state index is 10.1. The molecule has 1 aromatic rings. The summed E-state index contributed by atoms with van der Waals surface area (Å²) in [5.41, 5.74) is 0.915. The molecular weight excluding hydrogens is 260 g/mol. The molecule has 106 valence electrons. The number of rotatable bonds is 4. The summed E-state index contributed by atoms with van der Waals surface area (Å²) in [6.07, 6.45) is 1.82. The second-order valence-electron chi connectivity index (χ2n) is 5.53. The number of hydrogen-bond donors (Lipinski definition) is 2. The molecule has 3 nitrogen and oxygen atoms in total. The molecule has 0 spiro atoms. The van der Waals surface area contributed by atoms with Gasteiger partial charge in [-0.1, -0.05) is 23.7 Å². The summed E-state index contributed by atoms with van der Waals surface area (Å²) >= 11 is 5.84. The molecule has 4 heteroatoms. The van der Waals surface area contributed by atoms with E-state index in [1.54, 1.807) is 0 Å². The van der Waals surface area contributed by atoms with Gasteiger partial charge in [-0.05, 0) is 51.1 Å². The van der Waals surface area contributed by atoms with Gasteiger partial charge in [0.05, 0.1) is 6.10 Å². The van der Waals surface area contributed by atoms with Crippen LogP contribution in [0.2, 0.25) is 5.02 Å². The third-order valence-corrected chi connectivity index (χ3v) is 4.31. The van der Waals surface area contributed by atoms with Gasteiger partial charge in [0.25, 0.3) is 0 Å². The minimum atomic E-state index is -0.466. The van der Waals surface area contributed by atoms with Crippen LogP contribution in [0.5, 0.6) is 0 Å². The van der Waals surface area contributed by atoms with Crippen LogP contribution in [0.3, 0.4) is 0 Å². The molecule has 0 radical (unpaired) electrons. The zero-order valence-electron chi connectivity index (χ0n) is 11.6. The number of nitrogens with zero attached hydrogens (tertiary/aromatic N) is 1. The second-order valence-corrected chi connectivity index (χ2v) is 5.96. The van der Waals surface area contributed by atoms with Gasteiger partial charge in [-0.3, -0.25) is 0 Å². The molecule has 3 unspecified atom stereocenters. The summed E-state index contributed by atoms with van der Waals surface area (Å²) in [7, 11) is 2.17. The van der Waals surface area contributed by atoms with Crippen LogP contribution < -0.4 is 5.32 Å². The van der Waals surface area contributed by atoms with E-state index < -0.39 is 6.10 Å². The van der Waals surface area contributed by atoms with Gasteiger partial charge in [-0.15, -0.1) is 0 Å². The molecule has 0 aliphatic carbocycles. The van der Waals surface area contributed by atoms with Crippen molar-refractivity contribution in [1.29, 1.82) is 0 Å². The first kappa shape index (κ1) is 14.8. The standard InChI is InChI=1S/C15H23ClN2O/c1-11-9-14(7-8-18(11)2)17-10-15(19)12-3-5-13(16)6-4-12/h3-6,11,14-15,17,19H,7-10H2,1-2H3. The Morgan fingerprint density at radius 1 is 1.42 bits per heavy atom. The smallest absolute Gasteiger partial charge is 0.0914 e. The second kappa shape index (κ2) is 6.71. The van der Waals surface area contributed by atoms with Gasteiger partial charge < -0.3 is 15.3 Å². The monoisotopic (exact) mass is 282 g/mol. The molecule has 0 amide bonds. The molecule has 0 saturated carbocycles. The highest BCUT2D eigenvalue weighted by Gasteiger charge is 2.22. The van der Waals surface area contributed by atoms with Gasteiger partial charge in [0.1, 0.15) is 0 Å². The zero-order valence-corrected chi connectivity index (χ0v) is 12.4. The SMILES string of the molecule is CC1CC(NCC(O)c2ccc(Cl)cc2)CCN1C. The molecule has 1 saturated heterocycles. The minimum absolute atomic E-state index is 0.466. The van der Waals surface area contributed by atoms with Gasteiger partial charge in [0.2, 0.25) is 0 Å². The molecule has 1 aliphatic heterocycles. The van der Waals surface area contributed by atoms with Crippen molar-refractivity contribution in [2.45, 2.75) is 38.0 Å². The number of nitrogens with one attached hydrogen (secondary N) is 1. The Kier molecular flexibility index (Phi) is 5.22. The van der Waals surface area contributed by atoms with Gasteiger partial charge in [0, 0.05) is 23.7 Å². The predicted octanol–water partition coefficient (Wildman–Crippen LogP) is 2.45. The van der Waals surface area contributed by atoms with Crippen molar-refractivity contribution < 1.29 is 5.11 Å². The summed E-state index contributed by atoms with van der Waals surface area (Å²) in [6.45, 7) is 3.97. The minimum Gasteiger partial charge on any atom is -0.387 e. The molecule has 2 rings (SSSR count). The molecule has 19 heavy (non-hydrogen) atoms. The van der Waals surface area contributed by atoms with Crippen LogP contribution in [-0.2, 0) is 0 Å². The van der Waals surface area contributed by atoms with E-state index in [-0.39, 0.29) is 0 Å². The summed E-state index contributed by atoms with van der Waals surface area (Å²) < 4.78 is 0. The van der Waals surface area contributed by atoms with E-state index in [4.69, 9.17) is 11.6 Å². The van der Waals surface area contributed by atoms with Gasteiger partial charge in [-0.25, -0.2) is 0 Å². The van der Waals surface area contributed by atoms with Crippen LogP contribution in [0.1, 0.15) is 31.4 Å². The Morgan fingerprint density at radius 3 is 2.74 bits per heavy atom. The first-order chi connectivity index (χ1) is 9.06. The molecule has 1 aliphatic rings. The Bertz CT molecular complexity index is 396. The third-order valence-electron chi connectivity index (χ3n) is 4.06. The summed E-state index contributed by atoms with van der Waals surface area (Å²) in [6, 6.07) is 8.51. The van der Waals surface area contributed by atoms with Crippen molar-refractivity contribution in [1.82, 2.24) is 10.2 Å². The van der Waals surface area contributed by atoms with Crippen molar-refractivity contribution in [2.75, 3.05) is 20.1 Å². The van der Waals surface area contributed by atoms with Gasteiger partial charge in [-0.2, -0.15) is 0 Å². The maximum atomic E-state index is 10.1. The Morgan fingerprint density at radius 2 is 2.11 bits per heavy atom. The van der Waals surface area contributed by atoms with Crippen molar-refractivity contribution in [2.24, 2.45) is 0 Å². The van der Waals surface area contributed by atoms with E-state index in [9.17, 15) is 5.11 Å². The first-order valence-electron chi connectivity index (χ1n) is 6.93. The Labute approximate surface area is 120 Å². The van der Waals surface area contributed by atoms with Crippen molar-refractivity contribution in [3.63, 3.8) is 0 Å². The quantitative estimate of drug-likeness (QED) is 0.890. The van der Waals surface area contributed by atoms with Crippen LogP contribution in [0.15, 0.2) is 24.3 Å². The predicted molar refractivity (Wildman–Crippen MR) is 79.5 cm³/mol. The topological polar surface area (TPSA) is 35.5 Å². The lowest BCUT2D eigenvalue weighted by Gasteiger charge is -2.35. The fourth-order valence-electron chi connectivity index (χ4n) is 2.56. The van der Waals surface area contributed by atoms with Crippen molar-refractivity contribution in [3.05, 3.63) is 34.9 Å². The normalized spacial score (nSPS) is 26.3. The summed E-state index contributed by atoms with van der Waals surface area (Å²) in [4.78, 5) is 2.38. The number of hydrogen-bond acceptors (Lipinski definition) is 3. The number of aliphatic hydroxyl groups excluding tert-OH is 1. The lowest BCUT2D eigenvalue weighted by molar-refractivity contribution is 0.139. The van der Waals surface area contributed by atoms with Crippen LogP contribution in [-0.4, -0.2) is 42.2 Å². The first-order valence-corrected chi connectivity index (χ1v) is 7.31. The molecule has 2 N–H and O–H groups in total. The number of aliphatic hydroxyl groups is 1. The van der Waals surface area contributed by atoms with Crippen LogP contribution in [0.25, 0.3) is 0 Å². The fraction of sp³-hybridized carbons (Fsp3) is 0.600. The Balaban J connectivity index is 1.80. The van der Waals surface area contributed by atoms with Gasteiger partial charge in [0.15, 0.2) is 0 Å². The summed E-state index contributed by atoms with van der Waals surface area (Å²) in [5.74, 6) is 0. The molecular formula is C15H23ClN2O. The molecule has 1 fully saturated rings. The average molecular weight is 283 g/mol. The molecule has 3 atom stereocenters. The van der Waals surface area contributed by atoms with Gasteiger partial charge >= 0.3 is 0 Å². The molecule has 0 aromatic heterocycles. The number of likely N-dealkylation sites (tertiary alicyclic amines) is 1. The molecule has 0 bridgehead atoms. The Hall–Kier alpha value is -0.610. The highest BCUT2D eigenvalue weighted by Crippen LogP contribution is 2.18. The fourth-order valence-corrected chi connectivity index (χ4v) is 2.68. The third kappa shape index (κ3) is 4.18. The lowest BCUT2D eigenvalue weighted by atomic mass is 9.98. The van der Waals surface area contributed by atoms with E-state index in [2.05, 4.69) is 24.2 Å². The highest BCUT2D eigenvalue weighted by molar-refractivity contribution is 6.30. The lowest BCUT2D eigenvalue weighted by Crippen LogP contribution is -2.46. The van der Waals surface area contributed by atoms with E-state index in [0.29, 0.717) is 23.7 Å². The maximum Gasteiger partial charge on any atom is 0.0914 e. The van der Waals surface area contributed by atoms with Crippen molar-refractivity contribution in [3.8, 4) is 0 Å². The largest absolute Gasteiger partial charge is 0.387 e. The number of halogens is 1. The number of piperidine rings is 1. The van der Waals surface area contributed by atoms with E-state index in [0.717, 1.165) is 24.9 Å². The van der Waals surface area contributed by atoms with Crippen LogP contribution in [0, 0.1) is 0 Å². The summed E-state index contributed by atoms with van der Waals surface area (Å²) in [5, 5.41) is 14.3. The average Bonchev–Trinajstić information content (AvgIpc) is 2.40. The van der Waals surface area contributed by atoms with E-state index >= 15 is 0 Å². The van der Waals surface area contributed by atoms with Crippen molar-refractivity contribution >= 4 is 11.6 Å². The zero-order chi connectivity index (χ0) is 13.8. The molecule has 1 heterocycles. The highest BCUT2D eigenvalue weighted by atomic mass is 35.5. The molecule has 1 aromatic carbocycles. The van der Waals surface area contributed by atoms with E-state index in [1.165, 1.54) is 0 Å². The number of benzene rings is 1. The van der Waals surface area contributed by atoms with E-state index in [1.807, 2.05) is 24.3 Å². The van der Waals surface area contributed by atoms with Crippen LogP contribution >= 0.6 is 11.6 Å². The van der Waals surface area contributed by atoms with Crippen LogP contribution in [0.4, 0.5) is 0 Å².